The third kappa shape index (κ3) is 2.91. The van der Waals surface area contributed by atoms with Gasteiger partial charge < -0.3 is 0 Å². The minimum absolute atomic E-state index is 0.0665. The zero-order valence-corrected chi connectivity index (χ0v) is 10.2. The van der Waals surface area contributed by atoms with Gasteiger partial charge in [0, 0.05) is 6.04 Å². The summed E-state index contributed by atoms with van der Waals surface area (Å²) in [6, 6.07) is -0.0665. The van der Waals surface area contributed by atoms with E-state index in [0.29, 0.717) is 5.82 Å². The SMILES string of the molecule is Cc1nn(CCS(=O)(=O)F)c(=O)n1C(C)C. The second kappa shape index (κ2) is 4.36. The Balaban J connectivity index is 3.01. The van der Waals surface area contributed by atoms with Crippen LogP contribution in [0.15, 0.2) is 4.79 Å². The van der Waals surface area contributed by atoms with E-state index >= 15 is 0 Å². The first-order valence-electron chi connectivity index (χ1n) is 4.80. The maximum Gasteiger partial charge on any atom is 0.346 e. The van der Waals surface area contributed by atoms with Gasteiger partial charge in [0.2, 0.25) is 0 Å². The van der Waals surface area contributed by atoms with E-state index in [0.717, 1.165) is 4.68 Å². The quantitative estimate of drug-likeness (QED) is 0.718. The van der Waals surface area contributed by atoms with Gasteiger partial charge in [-0.05, 0) is 20.8 Å². The van der Waals surface area contributed by atoms with Gasteiger partial charge in [0.1, 0.15) is 5.82 Å². The number of aromatic nitrogens is 3. The van der Waals surface area contributed by atoms with Crippen molar-refractivity contribution in [1.82, 2.24) is 14.3 Å². The van der Waals surface area contributed by atoms with Gasteiger partial charge in [0.15, 0.2) is 0 Å². The van der Waals surface area contributed by atoms with Crippen LogP contribution in [-0.4, -0.2) is 28.5 Å². The van der Waals surface area contributed by atoms with Crippen LogP contribution in [0.5, 0.6) is 0 Å². The molecule has 0 spiro atoms. The van der Waals surface area contributed by atoms with Crippen molar-refractivity contribution in [3.05, 3.63) is 16.3 Å². The highest BCUT2D eigenvalue weighted by atomic mass is 32.3. The van der Waals surface area contributed by atoms with E-state index in [1.54, 1.807) is 6.92 Å². The highest BCUT2D eigenvalue weighted by Crippen LogP contribution is 2.02. The third-order valence-electron chi connectivity index (χ3n) is 2.10. The van der Waals surface area contributed by atoms with Gasteiger partial charge in [-0.3, -0.25) is 4.57 Å². The molecule has 0 saturated heterocycles. The fourth-order valence-electron chi connectivity index (χ4n) is 1.46. The van der Waals surface area contributed by atoms with E-state index in [1.807, 2.05) is 13.8 Å². The highest BCUT2D eigenvalue weighted by Gasteiger charge is 2.14. The Morgan fingerprint density at radius 1 is 1.44 bits per heavy atom. The highest BCUT2D eigenvalue weighted by molar-refractivity contribution is 7.86. The molecule has 0 amide bonds. The third-order valence-corrected chi connectivity index (χ3v) is 2.77. The molecule has 6 nitrogen and oxygen atoms in total. The Morgan fingerprint density at radius 3 is 2.38 bits per heavy atom. The summed E-state index contributed by atoms with van der Waals surface area (Å²) in [5, 5.41) is 3.87. The van der Waals surface area contributed by atoms with Crippen LogP contribution >= 0.6 is 0 Å². The maximum atomic E-state index is 12.3. The second-order valence-corrected chi connectivity index (χ2v) is 5.25. The number of hydrogen-bond acceptors (Lipinski definition) is 4. The topological polar surface area (TPSA) is 74.0 Å². The second-order valence-electron chi connectivity index (χ2n) is 3.76. The number of hydrogen-bond donors (Lipinski definition) is 0. The molecule has 1 aromatic rings. The molecule has 8 heteroatoms. The van der Waals surface area contributed by atoms with Gasteiger partial charge >= 0.3 is 15.9 Å². The zero-order chi connectivity index (χ0) is 12.5. The van der Waals surface area contributed by atoms with Crippen molar-refractivity contribution in [2.75, 3.05) is 5.75 Å². The summed E-state index contributed by atoms with van der Waals surface area (Å²) < 4.78 is 35.3. The summed E-state index contributed by atoms with van der Waals surface area (Å²) in [6.45, 7) is 5.00. The molecule has 1 rings (SSSR count). The lowest BCUT2D eigenvalue weighted by atomic mass is 10.4. The average molecular weight is 251 g/mol. The van der Waals surface area contributed by atoms with Crippen molar-refractivity contribution in [3.63, 3.8) is 0 Å². The summed E-state index contributed by atoms with van der Waals surface area (Å²) >= 11 is 0. The number of aryl methyl sites for hydroxylation is 2. The molecule has 0 bridgehead atoms. The molecule has 92 valence electrons. The van der Waals surface area contributed by atoms with Crippen LogP contribution in [0.2, 0.25) is 0 Å². The Labute approximate surface area is 92.9 Å². The number of nitrogens with zero attached hydrogens (tertiary/aromatic N) is 3. The molecule has 0 radical (unpaired) electrons. The van der Waals surface area contributed by atoms with Gasteiger partial charge in [-0.2, -0.15) is 13.5 Å². The smallest absolute Gasteiger partial charge is 0.277 e. The Morgan fingerprint density at radius 2 is 2.00 bits per heavy atom. The summed E-state index contributed by atoms with van der Waals surface area (Å²) in [7, 11) is -4.57. The predicted octanol–water partition coefficient (Wildman–Crippen LogP) is 0.233. The van der Waals surface area contributed by atoms with E-state index in [2.05, 4.69) is 5.10 Å². The van der Waals surface area contributed by atoms with E-state index in [-0.39, 0.29) is 12.6 Å². The molecular weight excluding hydrogens is 237 g/mol. The predicted molar refractivity (Wildman–Crippen MR) is 56.5 cm³/mol. The monoisotopic (exact) mass is 251 g/mol. The van der Waals surface area contributed by atoms with Crippen molar-refractivity contribution in [2.45, 2.75) is 33.4 Å². The van der Waals surface area contributed by atoms with Gasteiger partial charge in [0.05, 0.1) is 12.3 Å². The molecule has 0 saturated carbocycles. The minimum atomic E-state index is -4.57. The number of rotatable bonds is 4. The molecule has 0 fully saturated rings. The Bertz CT molecular complexity index is 529. The molecule has 0 N–H and O–H groups in total. The van der Waals surface area contributed by atoms with Crippen LogP contribution in [0.3, 0.4) is 0 Å². The molecular formula is C8H14FN3O3S. The average Bonchev–Trinajstić information content (AvgIpc) is 2.36. The first-order valence-corrected chi connectivity index (χ1v) is 6.36. The van der Waals surface area contributed by atoms with Crippen LogP contribution in [0.4, 0.5) is 3.89 Å². The van der Waals surface area contributed by atoms with Crippen molar-refractivity contribution in [1.29, 1.82) is 0 Å². The lowest BCUT2D eigenvalue weighted by molar-refractivity contribution is 0.527. The minimum Gasteiger partial charge on any atom is -0.277 e. The molecule has 1 heterocycles. The summed E-state index contributed by atoms with van der Waals surface area (Å²) in [5.41, 5.74) is -0.420. The molecule has 0 aliphatic carbocycles. The van der Waals surface area contributed by atoms with Crippen LogP contribution in [0.1, 0.15) is 25.7 Å². The molecule has 0 aliphatic heterocycles. The maximum absolute atomic E-state index is 12.3. The zero-order valence-electron chi connectivity index (χ0n) is 9.34. The fourth-order valence-corrected chi connectivity index (χ4v) is 1.86. The number of halogens is 1. The Kier molecular flexibility index (Phi) is 3.51. The largest absolute Gasteiger partial charge is 0.346 e. The van der Waals surface area contributed by atoms with Crippen molar-refractivity contribution >= 4 is 10.2 Å². The normalized spacial score (nSPS) is 12.3. The van der Waals surface area contributed by atoms with Gasteiger partial charge in [-0.15, -0.1) is 3.89 Å². The summed E-state index contributed by atoms with van der Waals surface area (Å²) in [6.07, 6.45) is 0. The van der Waals surface area contributed by atoms with Crippen LogP contribution < -0.4 is 5.69 Å². The molecule has 0 unspecified atom stereocenters. The lowest BCUT2D eigenvalue weighted by Gasteiger charge is -2.04. The van der Waals surface area contributed by atoms with E-state index in [9.17, 15) is 17.1 Å². The lowest BCUT2D eigenvalue weighted by Crippen LogP contribution is -2.28. The standard InChI is InChI=1S/C8H14FN3O3S/c1-6(2)12-7(3)10-11(8(12)13)4-5-16(9,14)15/h6H,4-5H2,1-3H3. The first-order chi connectivity index (χ1) is 7.22. The van der Waals surface area contributed by atoms with E-state index in [4.69, 9.17) is 0 Å². The Hall–Kier alpha value is -1.18. The van der Waals surface area contributed by atoms with E-state index < -0.39 is 21.7 Å². The van der Waals surface area contributed by atoms with Crippen molar-refractivity contribution < 1.29 is 12.3 Å². The van der Waals surface area contributed by atoms with Crippen LogP contribution in [-0.2, 0) is 16.8 Å². The summed E-state index contributed by atoms with van der Waals surface area (Å²) in [5.74, 6) is -0.252. The van der Waals surface area contributed by atoms with Crippen LogP contribution in [0.25, 0.3) is 0 Å². The van der Waals surface area contributed by atoms with Gasteiger partial charge in [0.25, 0.3) is 0 Å². The molecule has 0 aliphatic rings. The molecule has 1 aromatic heterocycles. The van der Waals surface area contributed by atoms with Gasteiger partial charge in [-0.25, -0.2) is 9.48 Å². The first kappa shape index (κ1) is 12.9. The van der Waals surface area contributed by atoms with Crippen LogP contribution in [0, 0.1) is 6.92 Å². The fraction of sp³-hybridized carbons (Fsp3) is 0.750. The van der Waals surface area contributed by atoms with Crippen molar-refractivity contribution in [2.24, 2.45) is 0 Å². The van der Waals surface area contributed by atoms with E-state index in [1.165, 1.54) is 4.57 Å². The van der Waals surface area contributed by atoms with Crippen molar-refractivity contribution in [3.8, 4) is 0 Å². The molecule has 16 heavy (non-hydrogen) atoms. The summed E-state index contributed by atoms with van der Waals surface area (Å²) in [4.78, 5) is 11.7. The van der Waals surface area contributed by atoms with Gasteiger partial charge in [-0.1, -0.05) is 0 Å². The molecule has 0 atom stereocenters. The molecule has 0 aromatic carbocycles.